The number of benzene rings is 1. The van der Waals surface area contributed by atoms with Crippen molar-refractivity contribution in [1.82, 2.24) is 0 Å². The highest BCUT2D eigenvalue weighted by Gasteiger charge is 2.48. The second-order valence-electron chi connectivity index (χ2n) is 5.69. The summed E-state index contributed by atoms with van der Waals surface area (Å²) >= 11 is 0. The standard InChI is InChI=1S/C15H20O3/c1-15(16)8-9-4-5-10(15)14-12(18-3)7-6-11(17-2)13(9)14/h6-7,9-10,16H,4-5,8H2,1-3H3/t9-,10-,15+/m0/s1. The zero-order valence-electron chi connectivity index (χ0n) is 11.2. The van der Waals surface area contributed by atoms with Crippen LogP contribution in [-0.2, 0) is 0 Å². The molecule has 3 atom stereocenters. The number of hydrogen-bond donors (Lipinski definition) is 1. The fourth-order valence-electron chi connectivity index (χ4n) is 3.86. The Morgan fingerprint density at radius 1 is 1.11 bits per heavy atom. The lowest BCUT2D eigenvalue weighted by molar-refractivity contribution is -0.0182. The number of ether oxygens (including phenoxy) is 2. The summed E-state index contributed by atoms with van der Waals surface area (Å²) in [6.07, 6.45) is 3.00. The highest BCUT2D eigenvalue weighted by atomic mass is 16.5. The Kier molecular flexibility index (Phi) is 2.56. The maximum absolute atomic E-state index is 10.6. The fraction of sp³-hybridized carbons (Fsp3) is 0.600. The van der Waals surface area contributed by atoms with Gasteiger partial charge in [-0.05, 0) is 44.2 Å². The third-order valence-electron chi connectivity index (χ3n) is 4.62. The number of rotatable bonds is 2. The molecule has 98 valence electrons. The van der Waals surface area contributed by atoms with Gasteiger partial charge in [0.05, 0.1) is 19.8 Å². The normalized spacial score (nSPS) is 33.1. The van der Waals surface area contributed by atoms with E-state index in [-0.39, 0.29) is 5.92 Å². The third-order valence-corrected chi connectivity index (χ3v) is 4.62. The van der Waals surface area contributed by atoms with Crippen molar-refractivity contribution in [2.24, 2.45) is 0 Å². The first-order chi connectivity index (χ1) is 8.58. The molecule has 1 fully saturated rings. The van der Waals surface area contributed by atoms with E-state index in [1.165, 1.54) is 11.1 Å². The molecular formula is C15H20O3. The van der Waals surface area contributed by atoms with Crippen molar-refractivity contribution in [1.29, 1.82) is 0 Å². The van der Waals surface area contributed by atoms with E-state index in [4.69, 9.17) is 9.47 Å². The van der Waals surface area contributed by atoms with Gasteiger partial charge in [-0.1, -0.05) is 0 Å². The van der Waals surface area contributed by atoms with E-state index in [1.807, 2.05) is 19.1 Å². The monoisotopic (exact) mass is 248 g/mol. The Labute approximate surface area is 108 Å². The van der Waals surface area contributed by atoms with Crippen LogP contribution in [0.4, 0.5) is 0 Å². The predicted molar refractivity (Wildman–Crippen MR) is 69.5 cm³/mol. The number of aliphatic hydroxyl groups is 1. The maximum atomic E-state index is 10.6. The molecule has 2 bridgehead atoms. The molecule has 18 heavy (non-hydrogen) atoms. The van der Waals surface area contributed by atoms with E-state index in [2.05, 4.69) is 0 Å². The summed E-state index contributed by atoms with van der Waals surface area (Å²) in [6.45, 7) is 1.95. The van der Waals surface area contributed by atoms with Crippen LogP contribution in [0.15, 0.2) is 12.1 Å². The van der Waals surface area contributed by atoms with Crippen LogP contribution in [0, 0.1) is 0 Å². The molecule has 4 rings (SSSR count). The average molecular weight is 248 g/mol. The second kappa shape index (κ2) is 3.89. The van der Waals surface area contributed by atoms with Gasteiger partial charge in [0.25, 0.3) is 0 Å². The van der Waals surface area contributed by atoms with Crippen LogP contribution in [-0.4, -0.2) is 24.9 Å². The SMILES string of the molecule is COc1ccc(OC)c2c1[C@H]1CC[C@@H]2[C@](C)(O)C1. The minimum Gasteiger partial charge on any atom is -0.496 e. The molecule has 0 aliphatic heterocycles. The highest BCUT2D eigenvalue weighted by Crippen LogP contribution is 2.58. The molecule has 0 amide bonds. The lowest BCUT2D eigenvalue weighted by atomic mass is 9.59. The van der Waals surface area contributed by atoms with Gasteiger partial charge in [-0.3, -0.25) is 0 Å². The number of fused-ring (bicyclic) bond motifs is 2. The predicted octanol–water partition coefficient (Wildman–Crippen LogP) is 2.82. The molecule has 1 aromatic carbocycles. The lowest BCUT2D eigenvalue weighted by Crippen LogP contribution is -2.43. The van der Waals surface area contributed by atoms with Gasteiger partial charge in [0.2, 0.25) is 0 Å². The molecule has 3 nitrogen and oxygen atoms in total. The van der Waals surface area contributed by atoms with Crippen LogP contribution in [0.5, 0.6) is 11.5 Å². The van der Waals surface area contributed by atoms with E-state index in [0.29, 0.717) is 5.92 Å². The Hall–Kier alpha value is -1.22. The summed E-state index contributed by atoms with van der Waals surface area (Å²) in [5.41, 5.74) is 1.82. The molecule has 0 saturated heterocycles. The van der Waals surface area contributed by atoms with Crippen molar-refractivity contribution >= 4 is 0 Å². The smallest absolute Gasteiger partial charge is 0.122 e. The summed E-state index contributed by atoms with van der Waals surface area (Å²) in [4.78, 5) is 0. The van der Waals surface area contributed by atoms with Crippen molar-refractivity contribution < 1.29 is 14.6 Å². The molecule has 0 aromatic heterocycles. The van der Waals surface area contributed by atoms with Crippen LogP contribution in [0.25, 0.3) is 0 Å². The minimum atomic E-state index is -0.616. The molecular weight excluding hydrogens is 228 g/mol. The van der Waals surface area contributed by atoms with E-state index in [9.17, 15) is 5.11 Å². The van der Waals surface area contributed by atoms with Crippen molar-refractivity contribution in [2.75, 3.05) is 14.2 Å². The van der Waals surface area contributed by atoms with Gasteiger partial charge in [-0.2, -0.15) is 0 Å². The molecule has 0 radical (unpaired) electrons. The molecule has 1 saturated carbocycles. The largest absolute Gasteiger partial charge is 0.496 e. The quantitative estimate of drug-likeness (QED) is 0.874. The first-order valence-corrected chi connectivity index (χ1v) is 6.55. The highest BCUT2D eigenvalue weighted by molar-refractivity contribution is 5.56. The van der Waals surface area contributed by atoms with Crippen LogP contribution in [0.1, 0.15) is 49.1 Å². The van der Waals surface area contributed by atoms with Crippen LogP contribution >= 0.6 is 0 Å². The summed E-state index contributed by atoms with van der Waals surface area (Å²) < 4.78 is 11.0. The summed E-state index contributed by atoms with van der Waals surface area (Å²) in [5, 5.41) is 10.6. The zero-order valence-corrected chi connectivity index (χ0v) is 11.2. The van der Waals surface area contributed by atoms with Gasteiger partial charge in [0.1, 0.15) is 11.5 Å². The molecule has 1 N–H and O–H groups in total. The Morgan fingerprint density at radius 3 is 2.28 bits per heavy atom. The molecule has 3 aliphatic rings. The third kappa shape index (κ3) is 1.46. The maximum Gasteiger partial charge on any atom is 0.122 e. The summed E-state index contributed by atoms with van der Waals surface area (Å²) in [5.74, 6) is 2.39. The van der Waals surface area contributed by atoms with Crippen LogP contribution in [0.2, 0.25) is 0 Å². The van der Waals surface area contributed by atoms with Crippen molar-refractivity contribution in [3.05, 3.63) is 23.3 Å². The van der Waals surface area contributed by atoms with Crippen molar-refractivity contribution in [3.63, 3.8) is 0 Å². The second-order valence-corrected chi connectivity index (χ2v) is 5.69. The van der Waals surface area contributed by atoms with E-state index in [1.54, 1.807) is 14.2 Å². The molecule has 1 aromatic rings. The van der Waals surface area contributed by atoms with Crippen molar-refractivity contribution in [2.45, 2.75) is 43.6 Å². The van der Waals surface area contributed by atoms with E-state index < -0.39 is 5.60 Å². The van der Waals surface area contributed by atoms with Crippen LogP contribution in [0.3, 0.4) is 0 Å². The van der Waals surface area contributed by atoms with Crippen molar-refractivity contribution in [3.8, 4) is 11.5 Å². The first kappa shape index (κ1) is 11.8. The Morgan fingerprint density at radius 2 is 1.72 bits per heavy atom. The molecule has 3 heteroatoms. The molecule has 0 heterocycles. The van der Waals surface area contributed by atoms with E-state index in [0.717, 1.165) is 30.8 Å². The topological polar surface area (TPSA) is 38.7 Å². The fourth-order valence-corrected chi connectivity index (χ4v) is 3.86. The van der Waals surface area contributed by atoms with Crippen LogP contribution < -0.4 is 9.47 Å². The van der Waals surface area contributed by atoms with Gasteiger partial charge >= 0.3 is 0 Å². The minimum absolute atomic E-state index is 0.169. The summed E-state index contributed by atoms with van der Waals surface area (Å²) in [7, 11) is 3.40. The number of hydrogen-bond acceptors (Lipinski definition) is 3. The molecule has 0 unspecified atom stereocenters. The lowest BCUT2D eigenvalue weighted by Gasteiger charge is -2.48. The average Bonchev–Trinajstić information content (AvgIpc) is 2.36. The zero-order chi connectivity index (χ0) is 12.9. The molecule has 0 spiro atoms. The van der Waals surface area contributed by atoms with Gasteiger partial charge in [-0.25, -0.2) is 0 Å². The molecule has 3 aliphatic carbocycles. The van der Waals surface area contributed by atoms with E-state index >= 15 is 0 Å². The van der Waals surface area contributed by atoms with Gasteiger partial charge in [0, 0.05) is 17.0 Å². The first-order valence-electron chi connectivity index (χ1n) is 6.55. The summed E-state index contributed by atoms with van der Waals surface area (Å²) in [6, 6.07) is 3.93. The van der Waals surface area contributed by atoms with Gasteiger partial charge in [-0.15, -0.1) is 0 Å². The van der Waals surface area contributed by atoms with Gasteiger partial charge < -0.3 is 14.6 Å². The Bertz CT molecular complexity index is 479. The van der Waals surface area contributed by atoms with Gasteiger partial charge in [0.15, 0.2) is 0 Å². The Balaban J connectivity index is 2.24. The number of methoxy groups -OCH3 is 2.